The van der Waals surface area contributed by atoms with Crippen molar-refractivity contribution in [1.29, 1.82) is 0 Å². The first-order valence-corrected chi connectivity index (χ1v) is 13.8. The van der Waals surface area contributed by atoms with Crippen LogP contribution in [0.25, 0.3) is 0 Å². The third-order valence-electron chi connectivity index (χ3n) is 8.16. The molecule has 6 heteroatoms. The third-order valence-corrected chi connectivity index (χ3v) is 10.5. The molecule has 4 atom stereocenters. The highest BCUT2D eigenvalue weighted by Crippen LogP contribution is 2.45. The van der Waals surface area contributed by atoms with Gasteiger partial charge in [-0.05, 0) is 96.3 Å². The molecule has 0 aromatic heterocycles. The molecule has 0 heterocycles. The summed E-state index contributed by atoms with van der Waals surface area (Å²) in [5.41, 5.74) is 0.338. The SMILES string of the molecule is CN(C)C1CCC1CC(C)(C)CCN(C)S(=O)(=O)C1CCC(CC(C)(C)C)(N(C)C)C1. The lowest BCUT2D eigenvalue weighted by atomic mass is 9.69. The molecule has 5 nitrogen and oxygen atoms in total. The predicted octanol–water partition coefficient (Wildman–Crippen LogP) is 4.68. The quantitative estimate of drug-likeness (QED) is 0.478. The smallest absolute Gasteiger partial charge is 0.216 e. The van der Waals surface area contributed by atoms with Crippen LogP contribution >= 0.6 is 0 Å². The highest BCUT2D eigenvalue weighted by molar-refractivity contribution is 7.89. The number of rotatable bonds is 10. The van der Waals surface area contributed by atoms with Gasteiger partial charge >= 0.3 is 0 Å². The van der Waals surface area contributed by atoms with E-state index in [-0.39, 0.29) is 21.6 Å². The zero-order chi connectivity index (χ0) is 23.8. The lowest BCUT2D eigenvalue weighted by Gasteiger charge is -2.45. The Hall–Kier alpha value is -0.170. The molecule has 0 aromatic carbocycles. The summed E-state index contributed by atoms with van der Waals surface area (Å²) in [6, 6.07) is 0.696. The Morgan fingerprint density at radius 2 is 1.55 bits per heavy atom. The van der Waals surface area contributed by atoms with Gasteiger partial charge in [0.1, 0.15) is 0 Å². The minimum atomic E-state index is -3.27. The Kier molecular flexibility index (Phi) is 8.38. The van der Waals surface area contributed by atoms with Gasteiger partial charge in [0.15, 0.2) is 0 Å². The minimum Gasteiger partial charge on any atom is -0.306 e. The minimum absolute atomic E-state index is 0.0124. The van der Waals surface area contributed by atoms with Gasteiger partial charge < -0.3 is 9.80 Å². The number of hydrogen-bond acceptors (Lipinski definition) is 4. The van der Waals surface area contributed by atoms with Crippen molar-refractivity contribution >= 4 is 10.0 Å². The van der Waals surface area contributed by atoms with Gasteiger partial charge in [0.05, 0.1) is 5.25 Å². The summed E-state index contributed by atoms with van der Waals surface area (Å²) in [5.74, 6) is 0.750. The summed E-state index contributed by atoms with van der Waals surface area (Å²) >= 11 is 0. The van der Waals surface area contributed by atoms with Gasteiger partial charge in [-0.3, -0.25) is 0 Å². The van der Waals surface area contributed by atoms with E-state index in [4.69, 9.17) is 0 Å². The van der Waals surface area contributed by atoms with Crippen molar-refractivity contribution in [2.75, 3.05) is 41.8 Å². The normalized spacial score (nSPS) is 30.4. The van der Waals surface area contributed by atoms with Crippen LogP contribution in [0.15, 0.2) is 0 Å². The second-order valence-electron chi connectivity index (χ2n) is 13.1. The molecule has 31 heavy (non-hydrogen) atoms. The van der Waals surface area contributed by atoms with Crippen LogP contribution in [-0.4, -0.2) is 81.1 Å². The summed E-state index contributed by atoms with van der Waals surface area (Å²) in [6.45, 7) is 12.0. The molecule has 0 amide bonds. The Morgan fingerprint density at radius 3 is 2.00 bits per heavy atom. The molecule has 0 bridgehead atoms. The molecule has 2 aliphatic carbocycles. The Balaban J connectivity index is 1.97. The second-order valence-corrected chi connectivity index (χ2v) is 15.4. The van der Waals surface area contributed by atoms with E-state index >= 15 is 0 Å². The van der Waals surface area contributed by atoms with Gasteiger partial charge in [-0.25, -0.2) is 12.7 Å². The maximum Gasteiger partial charge on any atom is 0.216 e. The van der Waals surface area contributed by atoms with Crippen molar-refractivity contribution in [2.24, 2.45) is 16.7 Å². The first kappa shape index (κ1) is 27.1. The van der Waals surface area contributed by atoms with Crippen molar-refractivity contribution in [3.05, 3.63) is 0 Å². The molecule has 184 valence electrons. The van der Waals surface area contributed by atoms with Crippen LogP contribution in [0, 0.1) is 16.7 Å². The maximum absolute atomic E-state index is 13.5. The summed E-state index contributed by atoms with van der Waals surface area (Å²) in [4.78, 5) is 4.65. The van der Waals surface area contributed by atoms with E-state index in [0.29, 0.717) is 12.6 Å². The highest BCUT2D eigenvalue weighted by atomic mass is 32.2. The lowest BCUT2D eigenvalue weighted by molar-refractivity contribution is 0.0640. The fourth-order valence-electron chi connectivity index (χ4n) is 6.15. The molecule has 0 saturated heterocycles. The molecular weight excluding hydrogens is 406 g/mol. The fraction of sp³-hybridized carbons (Fsp3) is 1.00. The van der Waals surface area contributed by atoms with Crippen LogP contribution in [0.2, 0.25) is 0 Å². The van der Waals surface area contributed by atoms with E-state index in [1.54, 1.807) is 11.4 Å². The van der Waals surface area contributed by atoms with Crippen LogP contribution < -0.4 is 0 Å². The molecule has 2 aliphatic rings. The molecule has 2 fully saturated rings. The van der Waals surface area contributed by atoms with Gasteiger partial charge in [-0.15, -0.1) is 0 Å². The third kappa shape index (κ3) is 6.68. The monoisotopic (exact) mass is 457 g/mol. The van der Waals surface area contributed by atoms with Gasteiger partial charge in [0.25, 0.3) is 0 Å². The highest BCUT2D eigenvalue weighted by Gasteiger charge is 2.48. The topological polar surface area (TPSA) is 43.9 Å². The van der Waals surface area contributed by atoms with Gasteiger partial charge in [-0.1, -0.05) is 34.6 Å². The van der Waals surface area contributed by atoms with E-state index in [9.17, 15) is 8.42 Å². The molecule has 0 radical (unpaired) electrons. The number of sulfonamides is 1. The van der Waals surface area contributed by atoms with Crippen LogP contribution in [0.4, 0.5) is 0 Å². The van der Waals surface area contributed by atoms with Crippen LogP contribution in [0.5, 0.6) is 0 Å². The molecular formula is C25H51N3O2S. The van der Waals surface area contributed by atoms with E-state index < -0.39 is 10.0 Å². The van der Waals surface area contributed by atoms with Crippen molar-refractivity contribution in [3.63, 3.8) is 0 Å². The average Bonchev–Trinajstić information content (AvgIpc) is 3.00. The molecule has 0 aromatic rings. The summed E-state index contributed by atoms with van der Waals surface area (Å²) in [7, 11) is 7.13. The summed E-state index contributed by atoms with van der Waals surface area (Å²) in [6.07, 6.45) is 8.24. The Morgan fingerprint density at radius 1 is 0.935 bits per heavy atom. The first-order valence-electron chi connectivity index (χ1n) is 12.3. The molecule has 0 N–H and O–H groups in total. The largest absolute Gasteiger partial charge is 0.306 e. The van der Waals surface area contributed by atoms with Crippen molar-refractivity contribution in [2.45, 2.75) is 103 Å². The molecule has 4 unspecified atom stereocenters. The first-order chi connectivity index (χ1) is 14.0. The zero-order valence-electron chi connectivity index (χ0n) is 22.2. The van der Waals surface area contributed by atoms with Crippen molar-refractivity contribution in [1.82, 2.24) is 14.1 Å². The van der Waals surface area contributed by atoms with Gasteiger partial charge in [-0.2, -0.15) is 0 Å². The van der Waals surface area contributed by atoms with Crippen molar-refractivity contribution < 1.29 is 8.42 Å². The lowest BCUT2D eigenvalue weighted by Crippen LogP contribution is -2.46. The predicted molar refractivity (Wildman–Crippen MR) is 133 cm³/mol. The average molecular weight is 458 g/mol. The fourth-order valence-corrected chi connectivity index (χ4v) is 7.94. The molecule has 0 aliphatic heterocycles. The van der Waals surface area contributed by atoms with Crippen LogP contribution in [0.3, 0.4) is 0 Å². The van der Waals surface area contributed by atoms with E-state index in [0.717, 1.165) is 38.0 Å². The van der Waals surface area contributed by atoms with E-state index in [1.165, 1.54) is 19.3 Å². The van der Waals surface area contributed by atoms with Crippen LogP contribution in [-0.2, 0) is 10.0 Å². The van der Waals surface area contributed by atoms with Crippen LogP contribution in [0.1, 0.15) is 86.0 Å². The standard InChI is InChI=1S/C25H51N3O2S/c1-23(2,3)19-25(27(8)9)14-13-21(18-25)31(29,30)28(10)16-15-24(4,5)17-20-11-12-22(20)26(6)7/h20-22H,11-19H2,1-10H3. The summed E-state index contributed by atoms with van der Waals surface area (Å²) in [5, 5.41) is -0.255. The van der Waals surface area contributed by atoms with Gasteiger partial charge in [0, 0.05) is 25.2 Å². The number of hydrogen-bond donors (Lipinski definition) is 0. The Labute approximate surface area is 194 Å². The summed E-state index contributed by atoms with van der Waals surface area (Å²) < 4.78 is 28.6. The van der Waals surface area contributed by atoms with E-state index in [1.807, 2.05) is 0 Å². The zero-order valence-corrected chi connectivity index (χ0v) is 23.0. The molecule has 0 spiro atoms. The van der Waals surface area contributed by atoms with E-state index in [2.05, 4.69) is 72.6 Å². The van der Waals surface area contributed by atoms with Crippen molar-refractivity contribution in [3.8, 4) is 0 Å². The number of nitrogens with zero attached hydrogens (tertiary/aromatic N) is 3. The van der Waals surface area contributed by atoms with Gasteiger partial charge in [0.2, 0.25) is 10.0 Å². The second kappa shape index (κ2) is 9.60. The molecule has 2 rings (SSSR count). The Bertz CT molecular complexity index is 696. The maximum atomic E-state index is 13.5. The molecule has 2 saturated carbocycles.